The van der Waals surface area contributed by atoms with Crippen LogP contribution in [-0.2, 0) is 11.8 Å². The molecule has 0 aromatic carbocycles. The molecule has 1 unspecified atom stereocenters. The Bertz CT molecular complexity index is 804. The number of nitrogens with one attached hydrogen (secondary N) is 1. The van der Waals surface area contributed by atoms with Crippen LogP contribution in [-0.4, -0.2) is 26.2 Å². The van der Waals surface area contributed by atoms with Gasteiger partial charge in [0, 0.05) is 22.9 Å². The number of nitrogens with zero attached hydrogens (tertiary/aromatic N) is 4. The van der Waals surface area contributed by atoms with Gasteiger partial charge in [-0.1, -0.05) is 39.8 Å². The molecule has 134 valence electrons. The van der Waals surface area contributed by atoms with Crippen LogP contribution in [0.4, 0.5) is 0 Å². The molecule has 3 rings (SSSR count). The summed E-state index contributed by atoms with van der Waals surface area (Å²) in [4.78, 5) is 21.9. The fourth-order valence-electron chi connectivity index (χ4n) is 3.20. The zero-order valence-electron chi connectivity index (χ0n) is 15.7. The Morgan fingerprint density at radius 3 is 2.64 bits per heavy atom. The van der Waals surface area contributed by atoms with Crippen molar-refractivity contribution in [1.29, 1.82) is 0 Å². The van der Waals surface area contributed by atoms with Crippen LogP contribution in [0.2, 0.25) is 0 Å². The summed E-state index contributed by atoms with van der Waals surface area (Å²) in [6.07, 6.45) is 3.54. The van der Waals surface area contributed by atoms with Crippen LogP contribution in [0.3, 0.4) is 0 Å². The minimum absolute atomic E-state index is 0.0333. The van der Waals surface area contributed by atoms with Crippen molar-refractivity contribution in [3.05, 3.63) is 34.7 Å². The molecule has 0 spiro atoms. The molecule has 25 heavy (non-hydrogen) atoms. The van der Waals surface area contributed by atoms with E-state index in [9.17, 15) is 4.79 Å². The van der Waals surface area contributed by atoms with Crippen molar-refractivity contribution in [3.8, 4) is 0 Å². The standard InChI is InChI=1S/C18H25N5O2/c1-10-14(23-25-22-10)15(24)20-12-7-18(5,6)8-13-11(12)9-19-16(21-13)17(2,3)4/h9,12H,7-8H2,1-6H3,(H,20,24). The predicted octanol–water partition coefficient (Wildman–Crippen LogP) is 2.91. The Labute approximate surface area is 147 Å². The first-order valence-corrected chi connectivity index (χ1v) is 8.53. The highest BCUT2D eigenvalue weighted by Crippen LogP contribution is 2.40. The molecule has 1 amide bonds. The maximum absolute atomic E-state index is 12.5. The molecule has 0 aliphatic heterocycles. The van der Waals surface area contributed by atoms with Crippen LogP contribution >= 0.6 is 0 Å². The maximum Gasteiger partial charge on any atom is 0.275 e. The van der Waals surface area contributed by atoms with E-state index in [1.54, 1.807) is 6.92 Å². The summed E-state index contributed by atoms with van der Waals surface area (Å²) in [6, 6.07) is -0.156. The van der Waals surface area contributed by atoms with Crippen LogP contribution in [0.1, 0.15) is 80.3 Å². The highest BCUT2D eigenvalue weighted by Gasteiger charge is 2.36. The number of carbonyl (C=O) groups excluding carboxylic acids is 1. The van der Waals surface area contributed by atoms with Crippen molar-refractivity contribution in [1.82, 2.24) is 25.6 Å². The zero-order valence-corrected chi connectivity index (χ0v) is 15.7. The molecule has 1 atom stereocenters. The van der Waals surface area contributed by atoms with Gasteiger partial charge < -0.3 is 5.32 Å². The van der Waals surface area contributed by atoms with Gasteiger partial charge in [-0.15, -0.1) is 0 Å². The zero-order chi connectivity index (χ0) is 18.4. The van der Waals surface area contributed by atoms with Gasteiger partial charge in [0.25, 0.3) is 5.91 Å². The molecule has 2 aromatic rings. The molecule has 0 bridgehead atoms. The first-order valence-electron chi connectivity index (χ1n) is 8.53. The monoisotopic (exact) mass is 343 g/mol. The topological polar surface area (TPSA) is 93.8 Å². The van der Waals surface area contributed by atoms with Gasteiger partial charge >= 0.3 is 0 Å². The number of aryl methyl sites for hydroxylation is 1. The average molecular weight is 343 g/mol. The minimum atomic E-state index is -0.285. The van der Waals surface area contributed by atoms with E-state index in [2.05, 4.69) is 59.9 Å². The van der Waals surface area contributed by atoms with E-state index in [4.69, 9.17) is 4.98 Å². The molecule has 0 radical (unpaired) electrons. The second-order valence-corrected chi connectivity index (χ2v) is 8.62. The van der Waals surface area contributed by atoms with Gasteiger partial charge in [0.1, 0.15) is 11.5 Å². The van der Waals surface area contributed by atoms with Gasteiger partial charge in [-0.25, -0.2) is 14.6 Å². The van der Waals surface area contributed by atoms with E-state index in [-0.39, 0.29) is 28.5 Å². The summed E-state index contributed by atoms with van der Waals surface area (Å²) in [5, 5.41) is 10.4. The van der Waals surface area contributed by atoms with E-state index >= 15 is 0 Å². The summed E-state index contributed by atoms with van der Waals surface area (Å²) in [7, 11) is 0. The normalized spacial score (nSPS) is 19.4. The second-order valence-electron chi connectivity index (χ2n) is 8.62. The fourth-order valence-corrected chi connectivity index (χ4v) is 3.20. The average Bonchev–Trinajstić information content (AvgIpc) is 2.90. The largest absolute Gasteiger partial charge is 0.344 e. The van der Waals surface area contributed by atoms with Crippen molar-refractivity contribution in [2.75, 3.05) is 0 Å². The van der Waals surface area contributed by atoms with Gasteiger partial charge in [-0.2, -0.15) is 0 Å². The fraction of sp³-hybridized carbons (Fsp3) is 0.611. The van der Waals surface area contributed by atoms with Gasteiger partial charge in [0.15, 0.2) is 5.69 Å². The number of hydrogen-bond acceptors (Lipinski definition) is 6. The molecule has 1 aliphatic carbocycles. The van der Waals surface area contributed by atoms with Gasteiger partial charge in [0.2, 0.25) is 0 Å². The smallest absolute Gasteiger partial charge is 0.275 e. The molecule has 7 heteroatoms. The molecule has 1 aliphatic rings. The molecular weight excluding hydrogens is 318 g/mol. The Morgan fingerprint density at radius 1 is 1.32 bits per heavy atom. The minimum Gasteiger partial charge on any atom is -0.344 e. The SMILES string of the molecule is Cc1nonc1C(=O)NC1CC(C)(C)Cc2nc(C(C)(C)C)ncc21. The van der Waals surface area contributed by atoms with Crippen molar-refractivity contribution >= 4 is 5.91 Å². The van der Waals surface area contributed by atoms with Gasteiger partial charge in [0.05, 0.1) is 6.04 Å². The van der Waals surface area contributed by atoms with Crippen molar-refractivity contribution in [3.63, 3.8) is 0 Å². The molecule has 0 fully saturated rings. The summed E-state index contributed by atoms with van der Waals surface area (Å²) in [5.41, 5.74) is 2.61. The van der Waals surface area contributed by atoms with E-state index in [1.165, 1.54) is 0 Å². The highest BCUT2D eigenvalue weighted by molar-refractivity contribution is 5.93. The number of carbonyl (C=O) groups is 1. The number of fused-ring (bicyclic) bond motifs is 1. The molecule has 2 heterocycles. The van der Waals surface area contributed by atoms with E-state index in [0.717, 1.165) is 29.9 Å². The summed E-state index contributed by atoms with van der Waals surface area (Å²) in [5.74, 6) is 0.540. The third kappa shape index (κ3) is 3.55. The summed E-state index contributed by atoms with van der Waals surface area (Å²) >= 11 is 0. The first-order chi connectivity index (χ1) is 11.6. The molecule has 0 saturated heterocycles. The van der Waals surface area contributed by atoms with Crippen LogP contribution in [0, 0.1) is 12.3 Å². The Kier molecular flexibility index (Phi) is 4.13. The van der Waals surface area contributed by atoms with E-state index < -0.39 is 0 Å². The number of rotatable bonds is 2. The Morgan fingerprint density at radius 2 is 2.04 bits per heavy atom. The lowest BCUT2D eigenvalue weighted by molar-refractivity contribution is 0.0908. The Hall–Kier alpha value is -2.31. The molecule has 2 aromatic heterocycles. The second kappa shape index (κ2) is 5.89. The number of aromatic nitrogens is 4. The third-order valence-corrected chi connectivity index (χ3v) is 4.52. The summed E-state index contributed by atoms with van der Waals surface area (Å²) in [6.45, 7) is 12.4. The van der Waals surface area contributed by atoms with Crippen LogP contribution in [0.15, 0.2) is 10.8 Å². The first kappa shape index (κ1) is 17.5. The lowest BCUT2D eigenvalue weighted by atomic mass is 9.74. The van der Waals surface area contributed by atoms with Crippen LogP contribution in [0.5, 0.6) is 0 Å². The van der Waals surface area contributed by atoms with Gasteiger partial charge in [-0.05, 0) is 30.3 Å². The lowest BCUT2D eigenvalue weighted by Crippen LogP contribution is -2.38. The quantitative estimate of drug-likeness (QED) is 0.901. The van der Waals surface area contributed by atoms with Crippen molar-refractivity contribution in [2.45, 2.75) is 65.8 Å². The predicted molar refractivity (Wildman–Crippen MR) is 92.1 cm³/mol. The Balaban J connectivity index is 1.94. The van der Waals surface area contributed by atoms with Crippen molar-refractivity contribution in [2.24, 2.45) is 5.41 Å². The lowest BCUT2D eigenvalue weighted by Gasteiger charge is -2.37. The number of hydrogen-bond donors (Lipinski definition) is 1. The number of amides is 1. The van der Waals surface area contributed by atoms with Crippen LogP contribution < -0.4 is 5.32 Å². The van der Waals surface area contributed by atoms with E-state index in [1.807, 2.05) is 6.20 Å². The molecule has 7 nitrogen and oxygen atoms in total. The van der Waals surface area contributed by atoms with Crippen LogP contribution in [0.25, 0.3) is 0 Å². The third-order valence-electron chi connectivity index (χ3n) is 4.52. The molecule has 1 N–H and O–H groups in total. The van der Waals surface area contributed by atoms with Crippen molar-refractivity contribution < 1.29 is 9.42 Å². The maximum atomic E-state index is 12.5. The van der Waals surface area contributed by atoms with Gasteiger partial charge in [-0.3, -0.25) is 4.79 Å². The molecular formula is C18H25N5O2. The van der Waals surface area contributed by atoms with E-state index in [0.29, 0.717) is 5.69 Å². The summed E-state index contributed by atoms with van der Waals surface area (Å²) < 4.78 is 4.63. The molecule has 0 saturated carbocycles. The highest BCUT2D eigenvalue weighted by atomic mass is 16.6.